The highest BCUT2D eigenvalue weighted by Gasteiger charge is 2.38. The zero-order valence-corrected chi connectivity index (χ0v) is 19.3. The Bertz CT molecular complexity index is 1520. The molecule has 4 N–H and O–H groups in total. The number of hydrogen-bond acceptors (Lipinski definition) is 8. The number of carboxylic acids is 1. The number of aromatic amines is 1. The van der Waals surface area contributed by atoms with Crippen molar-refractivity contribution in [3.8, 4) is 5.75 Å². The normalized spacial score (nSPS) is 11.0. The van der Waals surface area contributed by atoms with Gasteiger partial charge in [-0.25, -0.2) is 23.4 Å². The van der Waals surface area contributed by atoms with Crippen molar-refractivity contribution in [1.29, 1.82) is 0 Å². The van der Waals surface area contributed by atoms with E-state index in [1.165, 1.54) is 13.2 Å². The fourth-order valence-electron chi connectivity index (χ4n) is 3.04. The first-order valence-corrected chi connectivity index (χ1v) is 10.1. The fraction of sp³-hybridized carbons (Fsp3) is 0.182. The van der Waals surface area contributed by atoms with Crippen LogP contribution in [0.5, 0.6) is 5.75 Å². The van der Waals surface area contributed by atoms with E-state index in [9.17, 15) is 26.7 Å². The van der Waals surface area contributed by atoms with Crippen LogP contribution >= 0.6 is 0 Å². The summed E-state index contributed by atoms with van der Waals surface area (Å²) in [6.07, 6.45) is -4.07. The molecule has 4 aromatic rings. The average Bonchev–Trinajstić information content (AvgIpc) is 3.19. The molecule has 37 heavy (non-hydrogen) atoms. The van der Waals surface area contributed by atoms with Gasteiger partial charge >= 0.3 is 17.9 Å². The highest BCUT2D eigenvalue weighted by molar-refractivity contribution is 5.81. The van der Waals surface area contributed by atoms with Crippen molar-refractivity contribution in [3.63, 3.8) is 0 Å². The van der Waals surface area contributed by atoms with Gasteiger partial charge in [-0.2, -0.15) is 18.2 Å². The summed E-state index contributed by atoms with van der Waals surface area (Å²) in [6.45, 7) is 3.36. The van der Waals surface area contributed by atoms with E-state index in [0.29, 0.717) is 33.6 Å². The SMILES string of the molecule is COc1cc(Nc2ncc(F)c(Nc3cc(C)c4oc(=O)[nH]c4c3)n2)cc(C)c1F.O=C(O)C(F)(F)F. The highest BCUT2D eigenvalue weighted by Crippen LogP contribution is 2.28. The maximum Gasteiger partial charge on any atom is 0.490 e. The molecule has 196 valence electrons. The number of hydrogen-bond donors (Lipinski definition) is 4. The van der Waals surface area contributed by atoms with E-state index >= 15 is 0 Å². The van der Waals surface area contributed by atoms with E-state index in [1.54, 1.807) is 32.0 Å². The number of halogens is 5. The molecule has 2 aromatic carbocycles. The molecule has 0 bridgehead atoms. The standard InChI is InChI=1S/C20H17F2N5O3.C2HF3O2/c1-9-4-12(7-15(29-3)16(9)22)25-19-23-8-13(21)18(27-19)24-11-5-10(2)17-14(6-11)26-20(28)30-17;3-2(4,5)1(6)7/h4-8H,1-3H3,(H,26,28)(H2,23,24,25,27);(H,6,7). The number of carboxylic acid groups (broad SMARTS) is 1. The topological polar surface area (TPSA) is 142 Å². The van der Waals surface area contributed by atoms with Gasteiger partial charge in [0.05, 0.1) is 18.8 Å². The lowest BCUT2D eigenvalue weighted by atomic mass is 10.2. The summed E-state index contributed by atoms with van der Waals surface area (Å²) in [5, 5.41) is 12.9. The van der Waals surface area contributed by atoms with Crippen LogP contribution in [0.15, 0.2) is 39.7 Å². The Balaban J connectivity index is 0.000000479. The zero-order valence-electron chi connectivity index (χ0n) is 19.3. The number of ether oxygens (including phenoxy) is 1. The number of rotatable bonds is 5. The Morgan fingerprint density at radius 1 is 1.08 bits per heavy atom. The molecule has 0 saturated carbocycles. The minimum absolute atomic E-state index is 0.0656. The molecule has 0 atom stereocenters. The smallest absolute Gasteiger partial charge is 0.490 e. The van der Waals surface area contributed by atoms with Gasteiger partial charge in [-0.05, 0) is 43.2 Å². The third kappa shape index (κ3) is 6.50. The fourth-order valence-corrected chi connectivity index (χ4v) is 3.04. The second kappa shape index (κ2) is 10.5. The highest BCUT2D eigenvalue weighted by atomic mass is 19.4. The van der Waals surface area contributed by atoms with E-state index in [1.807, 2.05) is 0 Å². The summed E-state index contributed by atoms with van der Waals surface area (Å²) in [6, 6.07) is 6.32. The number of fused-ring (bicyclic) bond motifs is 1. The number of alkyl halides is 3. The van der Waals surface area contributed by atoms with Crippen molar-refractivity contribution in [2.45, 2.75) is 20.0 Å². The molecule has 0 saturated heterocycles. The molecular weight excluding hydrogens is 509 g/mol. The van der Waals surface area contributed by atoms with Crippen molar-refractivity contribution in [3.05, 3.63) is 63.8 Å². The number of oxazole rings is 1. The maximum atomic E-state index is 14.3. The molecule has 0 amide bonds. The largest absolute Gasteiger partial charge is 0.494 e. The molecule has 0 aliphatic heterocycles. The van der Waals surface area contributed by atoms with Gasteiger partial charge in [0.1, 0.15) is 0 Å². The molecule has 2 heterocycles. The number of H-pyrrole nitrogens is 1. The van der Waals surface area contributed by atoms with Crippen molar-refractivity contribution < 1.29 is 41.0 Å². The number of anilines is 4. The number of aryl methyl sites for hydroxylation is 2. The van der Waals surface area contributed by atoms with Crippen molar-refractivity contribution in [2.24, 2.45) is 0 Å². The number of carbonyl (C=O) groups is 1. The van der Waals surface area contributed by atoms with Crippen molar-refractivity contribution in [1.82, 2.24) is 15.0 Å². The Hall–Kier alpha value is -4.69. The summed E-state index contributed by atoms with van der Waals surface area (Å²) in [4.78, 5) is 30.9. The Morgan fingerprint density at radius 2 is 1.70 bits per heavy atom. The minimum Gasteiger partial charge on any atom is -0.494 e. The third-order valence-corrected chi connectivity index (χ3v) is 4.65. The van der Waals surface area contributed by atoms with Crippen LogP contribution in [0.2, 0.25) is 0 Å². The van der Waals surface area contributed by atoms with Gasteiger partial charge in [-0.3, -0.25) is 4.98 Å². The molecule has 0 unspecified atom stereocenters. The molecule has 4 rings (SSSR count). The lowest BCUT2D eigenvalue weighted by Gasteiger charge is -2.12. The van der Waals surface area contributed by atoms with Crippen LogP contribution in [0.25, 0.3) is 11.1 Å². The van der Waals surface area contributed by atoms with Crippen molar-refractivity contribution >= 4 is 40.2 Å². The van der Waals surface area contributed by atoms with Crippen molar-refractivity contribution in [2.75, 3.05) is 17.7 Å². The summed E-state index contributed by atoms with van der Waals surface area (Å²) >= 11 is 0. The van der Waals surface area contributed by atoms with Gasteiger partial charge in [0.15, 0.2) is 28.8 Å². The lowest BCUT2D eigenvalue weighted by Crippen LogP contribution is -2.21. The predicted molar refractivity (Wildman–Crippen MR) is 122 cm³/mol. The lowest BCUT2D eigenvalue weighted by molar-refractivity contribution is -0.192. The van der Waals surface area contributed by atoms with Crippen LogP contribution in [-0.4, -0.2) is 39.3 Å². The van der Waals surface area contributed by atoms with Crippen LogP contribution < -0.4 is 21.1 Å². The molecule has 0 aliphatic rings. The van der Waals surface area contributed by atoms with Gasteiger partial charge in [0, 0.05) is 17.4 Å². The van der Waals surface area contributed by atoms with Gasteiger partial charge in [0.25, 0.3) is 0 Å². The number of nitrogens with one attached hydrogen (secondary N) is 3. The Morgan fingerprint density at radius 3 is 2.32 bits per heavy atom. The number of benzene rings is 2. The summed E-state index contributed by atoms with van der Waals surface area (Å²) in [7, 11) is 1.37. The first kappa shape index (κ1) is 26.9. The first-order chi connectivity index (χ1) is 17.3. The molecule has 0 spiro atoms. The van der Waals surface area contributed by atoms with Crippen LogP contribution in [0.4, 0.5) is 45.1 Å². The quantitative estimate of drug-likeness (QED) is 0.266. The first-order valence-electron chi connectivity index (χ1n) is 10.1. The van der Waals surface area contributed by atoms with E-state index in [2.05, 4.69) is 25.6 Å². The Labute approximate surface area is 204 Å². The van der Waals surface area contributed by atoms with Crippen LogP contribution in [-0.2, 0) is 4.79 Å². The summed E-state index contributed by atoms with van der Waals surface area (Å²) < 4.78 is 70.1. The van der Waals surface area contributed by atoms with Crippen LogP contribution in [0.3, 0.4) is 0 Å². The third-order valence-electron chi connectivity index (χ3n) is 4.65. The van der Waals surface area contributed by atoms with E-state index in [-0.39, 0.29) is 17.5 Å². The van der Waals surface area contributed by atoms with Gasteiger partial charge in [-0.1, -0.05) is 0 Å². The minimum atomic E-state index is -5.08. The van der Waals surface area contributed by atoms with Gasteiger partial charge < -0.3 is 24.9 Å². The number of methoxy groups -OCH3 is 1. The zero-order chi connectivity index (χ0) is 27.5. The molecule has 0 aliphatic carbocycles. The van der Waals surface area contributed by atoms with Crippen LogP contribution in [0.1, 0.15) is 11.1 Å². The number of aromatic nitrogens is 3. The Kier molecular flexibility index (Phi) is 7.64. The molecular formula is C22H18F5N5O5. The van der Waals surface area contributed by atoms with E-state index < -0.39 is 29.5 Å². The number of aliphatic carboxylic acids is 1. The van der Waals surface area contributed by atoms with E-state index in [4.69, 9.17) is 19.1 Å². The molecule has 10 nitrogen and oxygen atoms in total. The maximum absolute atomic E-state index is 14.3. The molecule has 15 heteroatoms. The summed E-state index contributed by atoms with van der Waals surface area (Å²) in [5.74, 6) is -4.39. The number of nitrogens with zero attached hydrogens (tertiary/aromatic N) is 2. The summed E-state index contributed by atoms with van der Waals surface area (Å²) in [5.41, 5.74) is 2.95. The second-order valence-corrected chi connectivity index (χ2v) is 7.44. The molecule has 2 aromatic heterocycles. The monoisotopic (exact) mass is 527 g/mol. The van der Waals surface area contributed by atoms with Gasteiger partial charge in [0.2, 0.25) is 5.95 Å². The molecule has 0 radical (unpaired) electrons. The predicted octanol–water partition coefficient (Wildman–Crippen LogP) is 4.94. The average molecular weight is 527 g/mol. The van der Waals surface area contributed by atoms with E-state index in [0.717, 1.165) is 6.20 Å². The second-order valence-electron chi connectivity index (χ2n) is 7.44. The molecule has 0 fully saturated rings. The van der Waals surface area contributed by atoms with Crippen LogP contribution in [0, 0.1) is 25.5 Å². The van der Waals surface area contributed by atoms with Gasteiger partial charge in [-0.15, -0.1) is 0 Å².